The van der Waals surface area contributed by atoms with E-state index < -0.39 is 5.41 Å². The third kappa shape index (κ3) is 5.75. The van der Waals surface area contributed by atoms with Crippen LogP contribution < -0.4 is 5.32 Å². The monoisotopic (exact) mass is 597 g/mol. The highest BCUT2D eigenvalue weighted by molar-refractivity contribution is 6.42. The molecule has 1 N–H and O–H groups in total. The van der Waals surface area contributed by atoms with Gasteiger partial charge in [-0.1, -0.05) is 89.4 Å². The van der Waals surface area contributed by atoms with Crippen LogP contribution in [0.4, 0.5) is 0 Å². The third-order valence-corrected chi connectivity index (χ3v) is 9.67. The van der Waals surface area contributed by atoms with Crippen molar-refractivity contribution in [3.8, 4) is 0 Å². The number of benzene rings is 3. The normalized spacial score (nSPS) is 22.0. The Morgan fingerprint density at radius 1 is 0.900 bits per heavy atom. The van der Waals surface area contributed by atoms with Crippen LogP contribution in [-0.4, -0.2) is 48.3 Å². The van der Waals surface area contributed by atoms with Gasteiger partial charge in [0.1, 0.15) is 0 Å². The van der Waals surface area contributed by atoms with E-state index in [9.17, 15) is 9.59 Å². The molecule has 1 saturated carbocycles. The van der Waals surface area contributed by atoms with Crippen LogP contribution in [0.15, 0.2) is 72.8 Å². The number of rotatable bonds is 8. The molecule has 2 aliphatic rings. The smallest absolute Gasteiger partial charge is 0.233 e. The Balaban J connectivity index is 1.35. The summed E-state index contributed by atoms with van der Waals surface area (Å²) in [5, 5.41) is 4.82. The number of carbonyl (C=O) groups excluding carboxylic acids is 2. The van der Waals surface area contributed by atoms with Crippen LogP contribution in [0, 0.1) is 5.92 Å². The van der Waals surface area contributed by atoms with Gasteiger partial charge >= 0.3 is 0 Å². The van der Waals surface area contributed by atoms with E-state index in [0.717, 1.165) is 55.6 Å². The molecule has 3 aromatic rings. The molecule has 2 atom stereocenters. The highest BCUT2D eigenvalue weighted by Gasteiger charge is 2.62. The Labute approximate surface area is 251 Å². The number of hydrogen-bond donors (Lipinski definition) is 1. The molecule has 8 heteroatoms. The average Bonchev–Trinajstić information content (AvgIpc) is 3.67. The summed E-state index contributed by atoms with van der Waals surface area (Å²) in [4.78, 5) is 30.5. The van der Waals surface area contributed by atoms with Crippen molar-refractivity contribution >= 4 is 46.6 Å². The molecule has 0 bridgehead atoms. The fourth-order valence-corrected chi connectivity index (χ4v) is 6.86. The maximum Gasteiger partial charge on any atom is 0.233 e. The molecule has 0 radical (unpaired) electrons. The zero-order valence-electron chi connectivity index (χ0n) is 22.8. The molecule has 3 aromatic carbocycles. The summed E-state index contributed by atoms with van der Waals surface area (Å²) in [6.45, 7) is 4.45. The van der Waals surface area contributed by atoms with Crippen LogP contribution >= 0.6 is 34.8 Å². The van der Waals surface area contributed by atoms with Crippen LogP contribution in [0.3, 0.4) is 0 Å². The van der Waals surface area contributed by atoms with Gasteiger partial charge in [-0.05, 0) is 60.1 Å². The molecule has 0 aromatic heterocycles. The van der Waals surface area contributed by atoms with E-state index in [1.807, 2.05) is 61.6 Å². The van der Waals surface area contributed by atoms with Gasteiger partial charge in [0.25, 0.3) is 0 Å². The van der Waals surface area contributed by atoms with Gasteiger partial charge in [0.15, 0.2) is 0 Å². The van der Waals surface area contributed by atoms with Crippen LogP contribution in [0.25, 0.3) is 0 Å². The maximum absolute atomic E-state index is 14.1. The molecule has 5 nitrogen and oxygen atoms in total. The van der Waals surface area contributed by atoms with Crippen molar-refractivity contribution in [2.75, 3.05) is 26.7 Å². The van der Waals surface area contributed by atoms with Gasteiger partial charge in [0, 0.05) is 45.2 Å². The van der Waals surface area contributed by atoms with E-state index in [0.29, 0.717) is 21.6 Å². The molecular weight excluding hydrogens is 565 g/mol. The second-order valence-corrected chi connectivity index (χ2v) is 12.4. The molecule has 40 heavy (non-hydrogen) atoms. The Bertz CT molecular complexity index is 1390. The molecule has 0 unspecified atom stereocenters. The van der Waals surface area contributed by atoms with Gasteiger partial charge < -0.3 is 15.1 Å². The summed E-state index contributed by atoms with van der Waals surface area (Å²) in [7, 11) is 1.84. The largest absolute Gasteiger partial charge is 0.347 e. The van der Waals surface area contributed by atoms with Gasteiger partial charge in [0.2, 0.25) is 11.8 Å². The van der Waals surface area contributed by atoms with Crippen LogP contribution in [0.2, 0.25) is 15.1 Å². The molecule has 2 fully saturated rings. The van der Waals surface area contributed by atoms with Gasteiger partial charge in [0.05, 0.1) is 21.0 Å². The third-order valence-electron chi connectivity index (χ3n) is 8.56. The van der Waals surface area contributed by atoms with E-state index in [-0.39, 0.29) is 23.3 Å². The molecule has 1 aliphatic carbocycles. The van der Waals surface area contributed by atoms with E-state index in [2.05, 4.69) is 22.3 Å². The Kier molecular flexibility index (Phi) is 8.49. The quantitative estimate of drug-likeness (QED) is 0.314. The van der Waals surface area contributed by atoms with Crippen LogP contribution in [-0.2, 0) is 27.1 Å². The highest BCUT2D eigenvalue weighted by Crippen LogP contribution is 2.57. The lowest BCUT2D eigenvalue weighted by molar-refractivity contribution is -0.133. The molecule has 0 spiro atoms. The van der Waals surface area contributed by atoms with Crippen molar-refractivity contribution in [3.05, 3.63) is 105 Å². The molecule has 1 heterocycles. The number of likely N-dealkylation sites (tertiary alicyclic amines) is 1. The number of nitrogens with one attached hydrogen (secondary N) is 1. The first kappa shape index (κ1) is 28.9. The predicted molar refractivity (Wildman–Crippen MR) is 162 cm³/mol. The second-order valence-electron chi connectivity index (χ2n) is 11.2. The van der Waals surface area contributed by atoms with Gasteiger partial charge in [-0.15, -0.1) is 0 Å². The lowest BCUT2D eigenvalue weighted by atomic mass is 9.80. The first-order valence-corrected chi connectivity index (χ1v) is 14.8. The summed E-state index contributed by atoms with van der Waals surface area (Å²) in [6.07, 6.45) is 2.36. The second kappa shape index (κ2) is 11.7. The van der Waals surface area contributed by atoms with E-state index in [1.54, 1.807) is 17.9 Å². The van der Waals surface area contributed by atoms with Crippen molar-refractivity contribution in [2.24, 2.45) is 5.92 Å². The summed E-state index contributed by atoms with van der Waals surface area (Å²) in [5.74, 6) is 0.172. The van der Waals surface area contributed by atoms with Crippen LogP contribution in [0.1, 0.15) is 42.9 Å². The zero-order valence-corrected chi connectivity index (χ0v) is 25.1. The Morgan fingerprint density at radius 3 is 2.23 bits per heavy atom. The molecule has 210 valence electrons. The lowest BCUT2D eigenvalue weighted by Crippen LogP contribution is -2.53. The molecule has 2 amide bonds. The van der Waals surface area contributed by atoms with Gasteiger partial charge in [-0.3, -0.25) is 9.59 Å². The SMILES string of the molecule is CC(=O)NC1(c2ccccc2)CCN(C[C@@H]2C[C@@]2(C(=O)N(C)Cc2ccccc2Cl)c2ccc(Cl)c(Cl)c2)CC1. The fraction of sp³-hybridized carbons (Fsp3) is 0.375. The number of nitrogens with zero attached hydrogens (tertiary/aromatic N) is 2. The number of likely N-dealkylation sites (N-methyl/N-ethyl adjacent to an activating group) is 1. The van der Waals surface area contributed by atoms with Crippen molar-refractivity contribution in [3.63, 3.8) is 0 Å². The number of halogens is 3. The number of carbonyl (C=O) groups is 2. The highest BCUT2D eigenvalue weighted by atomic mass is 35.5. The fourth-order valence-electron chi connectivity index (χ4n) is 6.37. The predicted octanol–water partition coefficient (Wildman–Crippen LogP) is 6.69. The average molecular weight is 599 g/mol. The first-order valence-electron chi connectivity index (χ1n) is 13.7. The van der Waals surface area contributed by atoms with Crippen LogP contribution in [0.5, 0.6) is 0 Å². The molecule has 1 aliphatic heterocycles. The standard InChI is InChI=1S/C32H34Cl3N3O2/c1-22(39)36-31(24-9-4-3-5-10-24)14-16-38(17-15-31)21-26-19-32(26,25-12-13-28(34)29(35)18-25)30(40)37(2)20-23-8-6-7-11-27(23)33/h3-13,18,26H,14-17,19-21H2,1-2H3,(H,36,39)/t26-,32+/m0/s1. The summed E-state index contributed by atoms with van der Waals surface area (Å²) < 4.78 is 0. The van der Waals surface area contributed by atoms with E-state index >= 15 is 0 Å². The van der Waals surface area contributed by atoms with E-state index in [1.165, 1.54) is 0 Å². The maximum atomic E-state index is 14.1. The van der Waals surface area contributed by atoms with E-state index in [4.69, 9.17) is 34.8 Å². The number of hydrogen-bond acceptors (Lipinski definition) is 3. The van der Waals surface area contributed by atoms with Crippen molar-refractivity contribution in [1.29, 1.82) is 0 Å². The van der Waals surface area contributed by atoms with Gasteiger partial charge in [-0.25, -0.2) is 0 Å². The Morgan fingerprint density at radius 2 is 1.57 bits per heavy atom. The molecule has 1 saturated heterocycles. The zero-order chi connectivity index (χ0) is 28.5. The minimum Gasteiger partial charge on any atom is -0.347 e. The Hall–Kier alpha value is -2.57. The summed E-state index contributed by atoms with van der Waals surface area (Å²) in [6, 6.07) is 23.4. The topological polar surface area (TPSA) is 52.7 Å². The minimum absolute atomic E-state index is 0.0229. The number of piperidine rings is 1. The van der Waals surface area contributed by atoms with Crippen molar-refractivity contribution < 1.29 is 9.59 Å². The lowest BCUT2D eigenvalue weighted by Gasteiger charge is -2.43. The van der Waals surface area contributed by atoms with Gasteiger partial charge in [-0.2, -0.15) is 0 Å². The number of amides is 2. The first-order chi connectivity index (χ1) is 19.1. The summed E-state index contributed by atoms with van der Waals surface area (Å²) in [5.41, 5.74) is 1.90. The molecular formula is C32H34Cl3N3O2. The molecule has 5 rings (SSSR count). The van der Waals surface area contributed by atoms with Crippen molar-refractivity contribution in [2.45, 2.75) is 43.7 Å². The minimum atomic E-state index is -0.671. The summed E-state index contributed by atoms with van der Waals surface area (Å²) >= 11 is 19.1. The van der Waals surface area contributed by atoms with Crippen molar-refractivity contribution in [1.82, 2.24) is 15.1 Å².